The minimum atomic E-state index is -0.663. The molecule has 0 aliphatic carbocycles. The summed E-state index contributed by atoms with van der Waals surface area (Å²) in [4.78, 5) is 12.1. The third-order valence-corrected chi connectivity index (χ3v) is 3.38. The largest absolute Gasteiger partial charge is 0.324 e. The van der Waals surface area contributed by atoms with Gasteiger partial charge in [-0.1, -0.05) is 46.3 Å². The van der Waals surface area contributed by atoms with Crippen LogP contribution in [-0.4, -0.2) is 5.91 Å². The summed E-state index contributed by atoms with van der Waals surface area (Å²) in [5, 5.41) is 2.85. The van der Waals surface area contributed by atoms with E-state index >= 15 is 0 Å². The summed E-state index contributed by atoms with van der Waals surface area (Å²) in [6.07, 6.45) is 0. The number of rotatable bonds is 3. The number of anilines is 1. The van der Waals surface area contributed by atoms with E-state index in [4.69, 9.17) is 5.73 Å². The maximum atomic E-state index is 12.1. The van der Waals surface area contributed by atoms with Crippen LogP contribution in [0.25, 0.3) is 0 Å². The second kappa shape index (κ2) is 5.99. The Hall–Kier alpha value is -1.65. The summed E-state index contributed by atoms with van der Waals surface area (Å²) in [6.45, 7) is 1.94. The highest BCUT2D eigenvalue weighted by Crippen LogP contribution is 2.21. The summed E-state index contributed by atoms with van der Waals surface area (Å²) in [5.41, 5.74) is 8.51. The molecule has 0 aromatic heterocycles. The fourth-order valence-corrected chi connectivity index (χ4v) is 2.27. The number of carbonyl (C=O) groups is 1. The number of carbonyl (C=O) groups excluding carboxylic acids is 1. The van der Waals surface area contributed by atoms with Crippen molar-refractivity contribution in [3.63, 3.8) is 0 Å². The molecule has 1 amide bonds. The first kappa shape index (κ1) is 13.8. The molecule has 19 heavy (non-hydrogen) atoms. The lowest BCUT2D eigenvalue weighted by Gasteiger charge is -2.14. The first-order chi connectivity index (χ1) is 9.08. The molecule has 0 radical (unpaired) electrons. The molecular weight excluding hydrogens is 304 g/mol. The highest BCUT2D eigenvalue weighted by atomic mass is 79.9. The number of amides is 1. The van der Waals surface area contributed by atoms with Crippen LogP contribution in [0.1, 0.15) is 17.2 Å². The Morgan fingerprint density at radius 3 is 2.53 bits per heavy atom. The Balaban J connectivity index is 2.13. The van der Waals surface area contributed by atoms with Crippen molar-refractivity contribution in [1.82, 2.24) is 0 Å². The number of halogens is 1. The molecule has 0 aliphatic rings. The summed E-state index contributed by atoms with van der Waals surface area (Å²) in [7, 11) is 0. The zero-order chi connectivity index (χ0) is 13.8. The minimum absolute atomic E-state index is 0.211. The van der Waals surface area contributed by atoms with Crippen molar-refractivity contribution in [2.24, 2.45) is 5.73 Å². The Kier molecular flexibility index (Phi) is 4.35. The van der Waals surface area contributed by atoms with Gasteiger partial charge in [-0.25, -0.2) is 0 Å². The molecule has 4 heteroatoms. The predicted octanol–water partition coefficient (Wildman–Crippen LogP) is 3.40. The van der Waals surface area contributed by atoms with Crippen LogP contribution in [0.15, 0.2) is 53.0 Å². The van der Waals surface area contributed by atoms with Gasteiger partial charge in [0, 0.05) is 10.2 Å². The first-order valence-electron chi connectivity index (χ1n) is 5.95. The van der Waals surface area contributed by atoms with Crippen LogP contribution >= 0.6 is 15.9 Å². The molecule has 3 nitrogen and oxygen atoms in total. The van der Waals surface area contributed by atoms with E-state index in [2.05, 4.69) is 21.2 Å². The summed E-state index contributed by atoms with van der Waals surface area (Å²) in [5.74, 6) is -0.211. The van der Waals surface area contributed by atoms with Crippen LogP contribution in [0.3, 0.4) is 0 Å². The molecule has 0 bridgehead atoms. The molecule has 2 aromatic rings. The van der Waals surface area contributed by atoms with Crippen molar-refractivity contribution >= 4 is 27.5 Å². The molecule has 0 saturated heterocycles. The number of nitrogens with one attached hydrogen (secondary N) is 1. The van der Waals surface area contributed by atoms with Crippen molar-refractivity contribution in [2.45, 2.75) is 13.0 Å². The lowest BCUT2D eigenvalue weighted by atomic mass is 10.1. The van der Waals surface area contributed by atoms with Crippen molar-refractivity contribution in [3.05, 3.63) is 64.1 Å². The van der Waals surface area contributed by atoms with Crippen molar-refractivity contribution < 1.29 is 4.79 Å². The molecule has 3 N–H and O–H groups in total. The summed E-state index contributed by atoms with van der Waals surface area (Å²) < 4.78 is 0.982. The molecule has 0 spiro atoms. The van der Waals surface area contributed by atoms with Gasteiger partial charge in [0.05, 0.1) is 0 Å². The quantitative estimate of drug-likeness (QED) is 0.911. The summed E-state index contributed by atoms with van der Waals surface area (Å²) >= 11 is 3.39. The number of hydrogen-bond donors (Lipinski definition) is 2. The van der Waals surface area contributed by atoms with E-state index in [1.54, 1.807) is 0 Å². The molecule has 0 fully saturated rings. The third kappa shape index (κ3) is 3.43. The Morgan fingerprint density at radius 2 is 1.89 bits per heavy atom. The average molecular weight is 319 g/mol. The van der Waals surface area contributed by atoms with Gasteiger partial charge in [0.25, 0.3) is 0 Å². The predicted molar refractivity (Wildman–Crippen MR) is 80.9 cm³/mol. The SMILES string of the molecule is Cc1cc(Br)ccc1NC(=O)[C@H](N)c1ccccc1. The second-order valence-corrected chi connectivity index (χ2v) is 5.25. The van der Waals surface area contributed by atoms with E-state index in [1.807, 2.05) is 55.5 Å². The lowest BCUT2D eigenvalue weighted by Crippen LogP contribution is -2.27. The van der Waals surface area contributed by atoms with Gasteiger partial charge >= 0.3 is 0 Å². The van der Waals surface area contributed by atoms with Gasteiger partial charge in [-0.15, -0.1) is 0 Å². The smallest absolute Gasteiger partial charge is 0.245 e. The van der Waals surface area contributed by atoms with Gasteiger partial charge in [-0.05, 0) is 36.2 Å². The Bertz CT molecular complexity index is 584. The monoisotopic (exact) mass is 318 g/mol. The average Bonchev–Trinajstić information content (AvgIpc) is 2.42. The standard InChI is InChI=1S/C15H15BrN2O/c1-10-9-12(16)7-8-13(10)18-15(19)14(17)11-5-3-2-4-6-11/h2-9,14H,17H2,1H3,(H,18,19)/t14-/m1/s1. The summed E-state index contributed by atoms with van der Waals surface area (Å²) in [6, 6.07) is 14.4. The number of hydrogen-bond acceptors (Lipinski definition) is 2. The normalized spacial score (nSPS) is 11.9. The molecule has 0 heterocycles. The van der Waals surface area contributed by atoms with E-state index in [0.29, 0.717) is 0 Å². The van der Waals surface area contributed by atoms with Crippen molar-refractivity contribution in [1.29, 1.82) is 0 Å². The highest BCUT2D eigenvalue weighted by Gasteiger charge is 2.16. The van der Waals surface area contributed by atoms with E-state index in [1.165, 1.54) is 0 Å². The van der Waals surface area contributed by atoms with Gasteiger partial charge in [-0.2, -0.15) is 0 Å². The van der Waals surface area contributed by atoms with Gasteiger partial charge in [0.15, 0.2) is 0 Å². The molecule has 0 saturated carbocycles. The van der Waals surface area contributed by atoms with E-state index in [-0.39, 0.29) is 5.91 Å². The molecular formula is C15H15BrN2O. The van der Waals surface area contributed by atoms with E-state index in [9.17, 15) is 4.79 Å². The molecule has 2 rings (SSSR count). The molecule has 0 aliphatic heterocycles. The van der Waals surface area contributed by atoms with Gasteiger partial charge in [0.2, 0.25) is 5.91 Å². The Labute approximate surface area is 121 Å². The first-order valence-corrected chi connectivity index (χ1v) is 6.75. The van der Waals surface area contributed by atoms with Crippen LogP contribution in [0.5, 0.6) is 0 Å². The molecule has 0 unspecified atom stereocenters. The van der Waals surface area contributed by atoms with Crippen LogP contribution in [-0.2, 0) is 4.79 Å². The topological polar surface area (TPSA) is 55.1 Å². The number of nitrogens with two attached hydrogens (primary N) is 1. The number of benzene rings is 2. The maximum absolute atomic E-state index is 12.1. The van der Waals surface area contributed by atoms with E-state index in [0.717, 1.165) is 21.3 Å². The van der Waals surface area contributed by atoms with Crippen LogP contribution in [0, 0.1) is 6.92 Å². The zero-order valence-corrected chi connectivity index (χ0v) is 12.1. The fraction of sp³-hybridized carbons (Fsp3) is 0.133. The van der Waals surface area contributed by atoms with E-state index < -0.39 is 6.04 Å². The van der Waals surface area contributed by atoms with Crippen LogP contribution in [0.4, 0.5) is 5.69 Å². The fourth-order valence-electron chi connectivity index (χ4n) is 1.79. The molecule has 98 valence electrons. The minimum Gasteiger partial charge on any atom is -0.324 e. The zero-order valence-electron chi connectivity index (χ0n) is 10.6. The second-order valence-electron chi connectivity index (χ2n) is 4.34. The van der Waals surface area contributed by atoms with Crippen molar-refractivity contribution in [3.8, 4) is 0 Å². The maximum Gasteiger partial charge on any atom is 0.245 e. The number of aryl methyl sites for hydroxylation is 1. The van der Waals surface area contributed by atoms with Crippen molar-refractivity contribution in [2.75, 3.05) is 5.32 Å². The third-order valence-electron chi connectivity index (χ3n) is 2.89. The van der Waals surface area contributed by atoms with Crippen LogP contribution in [0.2, 0.25) is 0 Å². The molecule has 1 atom stereocenters. The van der Waals surface area contributed by atoms with Gasteiger partial charge in [-0.3, -0.25) is 4.79 Å². The molecule has 2 aromatic carbocycles. The Morgan fingerprint density at radius 1 is 1.21 bits per heavy atom. The van der Waals surface area contributed by atoms with Gasteiger partial charge in [0.1, 0.15) is 6.04 Å². The lowest BCUT2D eigenvalue weighted by molar-refractivity contribution is -0.117. The van der Waals surface area contributed by atoms with Gasteiger partial charge < -0.3 is 11.1 Å². The van der Waals surface area contributed by atoms with Crippen LogP contribution < -0.4 is 11.1 Å². The highest BCUT2D eigenvalue weighted by molar-refractivity contribution is 9.10.